The van der Waals surface area contributed by atoms with E-state index in [2.05, 4.69) is 5.10 Å². The van der Waals surface area contributed by atoms with Crippen molar-refractivity contribution in [2.75, 3.05) is 13.1 Å². The van der Waals surface area contributed by atoms with E-state index >= 15 is 0 Å². The van der Waals surface area contributed by atoms with Crippen LogP contribution in [0, 0.1) is 6.92 Å². The highest BCUT2D eigenvalue weighted by Crippen LogP contribution is 2.28. The molecule has 1 heterocycles. The van der Waals surface area contributed by atoms with Crippen LogP contribution in [0.1, 0.15) is 31.9 Å². The monoisotopic (exact) mass is 383 g/mol. The van der Waals surface area contributed by atoms with Crippen molar-refractivity contribution in [1.29, 1.82) is 0 Å². The van der Waals surface area contributed by atoms with E-state index in [9.17, 15) is 13.2 Å². The van der Waals surface area contributed by atoms with Gasteiger partial charge < -0.3 is 4.90 Å². The fourth-order valence-electron chi connectivity index (χ4n) is 2.71. The van der Waals surface area contributed by atoms with Crippen molar-refractivity contribution >= 4 is 27.5 Å². The minimum Gasteiger partial charge on any atom is -0.323 e. The molecule has 136 valence electrons. The van der Waals surface area contributed by atoms with Gasteiger partial charge in [-0.1, -0.05) is 36.7 Å². The van der Waals surface area contributed by atoms with Gasteiger partial charge >= 0.3 is 6.03 Å². The summed E-state index contributed by atoms with van der Waals surface area (Å²) < 4.78 is 27.1. The molecule has 1 aromatic carbocycles. The predicted octanol–water partition coefficient (Wildman–Crippen LogP) is 3.55. The third kappa shape index (κ3) is 3.57. The lowest BCUT2D eigenvalue weighted by Crippen LogP contribution is -2.35. The van der Waals surface area contributed by atoms with Crippen molar-refractivity contribution < 1.29 is 13.2 Å². The zero-order valence-corrected chi connectivity index (χ0v) is 16.4. The standard InChI is InChI=1S/C17H22ClN3O3S/c1-5-13-10-8-9-12(4)16(13)25(23,24)15-11-14(18)21(19-15)17(22)20(6-2)7-3/h8-11H,5-7H2,1-4H3. The van der Waals surface area contributed by atoms with Crippen molar-refractivity contribution in [3.05, 3.63) is 40.5 Å². The summed E-state index contributed by atoms with van der Waals surface area (Å²) in [6.07, 6.45) is 0.572. The topological polar surface area (TPSA) is 72.3 Å². The lowest BCUT2D eigenvalue weighted by atomic mass is 10.1. The van der Waals surface area contributed by atoms with E-state index < -0.39 is 15.9 Å². The van der Waals surface area contributed by atoms with Crippen LogP contribution in [0.5, 0.6) is 0 Å². The molecule has 0 saturated carbocycles. The number of rotatable bonds is 5. The van der Waals surface area contributed by atoms with Gasteiger partial charge in [0.2, 0.25) is 9.84 Å². The van der Waals surface area contributed by atoms with Gasteiger partial charge in [-0.05, 0) is 38.3 Å². The van der Waals surface area contributed by atoms with Gasteiger partial charge in [0.05, 0.1) is 4.90 Å². The molecule has 0 bridgehead atoms. The summed E-state index contributed by atoms with van der Waals surface area (Å²) in [5.41, 5.74) is 1.35. The van der Waals surface area contributed by atoms with Gasteiger partial charge in [-0.2, -0.15) is 9.78 Å². The smallest absolute Gasteiger partial charge is 0.323 e. The van der Waals surface area contributed by atoms with E-state index in [-0.39, 0.29) is 15.1 Å². The van der Waals surface area contributed by atoms with Crippen molar-refractivity contribution in [2.24, 2.45) is 0 Å². The molecular formula is C17H22ClN3O3S. The molecule has 0 unspecified atom stereocenters. The second kappa shape index (κ2) is 7.58. The predicted molar refractivity (Wildman–Crippen MR) is 97.0 cm³/mol. The summed E-state index contributed by atoms with van der Waals surface area (Å²) in [5.74, 6) is 0. The second-order valence-electron chi connectivity index (χ2n) is 5.59. The lowest BCUT2D eigenvalue weighted by molar-refractivity contribution is 0.201. The van der Waals surface area contributed by atoms with Gasteiger partial charge in [0.25, 0.3) is 0 Å². The van der Waals surface area contributed by atoms with Crippen LogP contribution in [-0.2, 0) is 16.3 Å². The molecule has 0 aliphatic heterocycles. The maximum absolute atomic E-state index is 13.1. The molecule has 1 aromatic heterocycles. The first-order chi connectivity index (χ1) is 11.8. The third-order valence-corrected chi connectivity index (χ3v) is 6.22. The van der Waals surface area contributed by atoms with E-state index in [1.165, 1.54) is 11.0 Å². The summed E-state index contributed by atoms with van der Waals surface area (Å²) in [6.45, 7) is 8.25. The van der Waals surface area contributed by atoms with Crippen LogP contribution in [0.2, 0.25) is 5.15 Å². The number of aromatic nitrogens is 2. The van der Waals surface area contributed by atoms with E-state index in [0.29, 0.717) is 30.6 Å². The quantitative estimate of drug-likeness (QED) is 0.791. The summed E-state index contributed by atoms with van der Waals surface area (Å²) in [5, 5.41) is 3.75. The Labute approximate surface area is 153 Å². The van der Waals surface area contributed by atoms with E-state index in [1.807, 2.05) is 26.8 Å². The van der Waals surface area contributed by atoms with Crippen molar-refractivity contribution in [1.82, 2.24) is 14.7 Å². The summed E-state index contributed by atoms with van der Waals surface area (Å²) in [6, 6.07) is 6.12. The third-order valence-electron chi connectivity index (χ3n) is 4.08. The maximum Gasteiger partial charge on any atom is 0.346 e. The number of hydrogen-bond donors (Lipinski definition) is 0. The SMILES string of the molecule is CCc1cccc(C)c1S(=O)(=O)c1cc(Cl)n(C(=O)N(CC)CC)n1. The number of carbonyl (C=O) groups excluding carboxylic acids is 1. The van der Waals surface area contributed by atoms with Crippen LogP contribution in [0.15, 0.2) is 34.2 Å². The highest BCUT2D eigenvalue weighted by molar-refractivity contribution is 7.91. The fraction of sp³-hybridized carbons (Fsp3) is 0.412. The van der Waals surface area contributed by atoms with E-state index in [4.69, 9.17) is 11.6 Å². The Morgan fingerprint density at radius 3 is 2.44 bits per heavy atom. The number of aryl methyl sites for hydroxylation is 2. The first-order valence-electron chi connectivity index (χ1n) is 8.16. The van der Waals surface area contributed by atoms with Crippen LogP contribution in [0.25, 0.3) is 0 Å². The van der Waals surface area contributed by atoms with Gasteiger partial charge in [-0.15, -0.1) is 0 Å². The summed E-state index contributed by atoms with van der Waals surface area (Å²) >= 11 is 6.09. The van der Waals surface area contributed by atoms with Crippen molar-refractivity contribution in [2.45, 2.75) is 44.0 Å². The Morgan fingerprint density at radius 2 is 1.88 bits per heavy atom. The van der Waals surface area contributed by atoms with E-state index in [1.54, 1.807) is 19.1 Å². The summed E-state index contributed by atoms with van der Waals surface area (Å²) in [4.78, 5) is 14.2. The Morgan fingerprint density at radius 1 is 1.24 bits per heavy atom. The zero-order valence-electron chi connectivity index (χ0n) is 14.8. The molecule has 0 aliphatic carbocycles. The lowest BCUT2D eigenvalue weighted by Gasteiger charge is -2.18. The Hall–Kier alpha value is -1.86. The van der Waals surface area contributed by atoms with Gasteiger partial charge in [0, 0.05) is 19.2 Å². The molecule has 0 aliphatic rings. The van der Waals surface area contributed by atoms with Crippen LogP contribution in [0.4, 0.5) is 4.79 Å². The molecule has 0 spiro atoms. The average Bonchev–Trinajstić information content (AvgIpc) is 2.97. The number of nitrogens with zero attached hydrogens (tertiary/aromatic N) is 3. The molecule has 2 rings (SSSR count). The molecule has 0 saturated heterocycles. The first kappa shape index (κ1) is 19.5. The number of sulfone groups is 1. The highest BCUT2D eigenvalue weighted by atomic mass is 35.5. The fourth-order valence-corrected chi connectivity index (χ4v) is 4.71. The number of hydrogen-bond acceptors (Lipinski definition) is 4. The maximum atomic E-state index is 13.1. The van der Waals surface area contributed by atoms with Gasteiger partial charge in [-0.25, -0.2) is 13.2 Å². The second-order valence-corrected chi connectivity index (χ2v) is 7.81. The van der Waals surface area contributed by atoms with Crippen molar-refractivity contribution in [3.63, 3.8) is 0 Å². The van der Waals surface area contributed by atoms with Crippen LogP contribution < -0.4 is 0 Å². The highest BCUT2D eigenvalue weighted by Gasteiger charge is 2.28. The zero-order chi connectivity index (χ0) is 18.8. The van der Waals surface area contributed by atoms with Gasteiger partial charge in [0.1, 0.15) is 5.15 Å². The molecule has 0 radical (unpaired) electrons. The molecule has 1 amide bonds. The number of amides is 1. The number of halogens is 1. The van der Waals surface area contributed by atoms with Gasteiger partial charge in [0.15, 0.2) is 5.03 Å². The average molecular weight is 384 g/mol. The van der Waals surface area contributed by atoms with Crippen LogP contribution in [0.3, 0.4) is 0 Å². The van der Waals surface area contributed by atoms with Crippen LogP contribution in [-0.4, -0.2) is 42.2 Å². The molecular weight excluding hydrogens is 362 g/mol. The minimum atomic E-state index is -3.87. The molecule has 0 N–H and O–H groups in total. The summed E-state index contributed by atoms with van der Waals surface area (Å²) in [7, 11) is -3.87. The Balaban J connectivity index is 2.57. The Kier molecular flexibility index (Phi) is 5.90. The Bertz CT molecular complexity index is 887. The largest absolute Gasteiger partial charge is 0.346 e. The van der Waals surface area contributed by atoms with Crippen molar-refractivity contribution in [3.8, 4) is 0 Å². The molecule has 2 aromatic rings. The minimum absolute atomic E-state index is 0.0258. The molecule has 6 nitrogen and oxygen atoms in total. The van der Waals surface area contributed by atoms with E-state index in [0.717, 1.165) is 4.68 Å². The number of carbonyl (C=O) groups is 1. The number of benzene rings is 1. The molecule has 0 fully saturated rings. The molecule has 8 heteroatoms. The molecule has 25 heavy (non-hydrogen) atoms. The first-order valence-corrected chi connectivity index (χ1v) is 10.0. The molecule has 0 atom stereocenters. The normalized spacial score (nSPS) is 11.6. The van der Waals surface area contributed by atoms with Crippen LogP contribution >= 0.6 is 11.6 Å². The van der Waals surface area contributed by atoms with Gasteiger partial charge in [-0.3, -0.25) is 0 Å².